The lowest BCUT2D eigenvalue weighted by Crippen LogP contribution is -2.10. The van der Waals surface area contributed by atoms with Gasteiger partial charge in [0.1, 0.15) is 11.2 Å². The summed E-state index contributed by atoms with van der Waals surface area (Å²) < 4.78 is 6.25. The van der Waals surface area contributed by atoms with Crippen LogP contribution in [0.5, 0.6) is 0 Å². The number of para-hydroxylation sites is 2. The monoisotopic (exact) mass is 264 g/mol. The van der Waals surface area contributed by atoms with Gasteiger partial charge in [0, 0.05) is 16.3 Å². The molecule has 0 spiro atoms. The highest BCUT2D eigenvalue weighted by atomic mass is 16.3. The standard InChI is InChI=1S/C19H20O/c1-5-8-13-9-6-10-14-15-11-7-12-16(19(2,3)4)18(15)20-17(13)14/h5-7,9-12H,1,8H2,2-4H3. The summed E-state index contributed by atoms with van der Waals surface area (Å²) in [5.74, 6) is 0. The maximum atomic E-state index is 6.25. The van der Waals surface area contributed by atoms with E-state index in [-0.39, 0.29) is 5.41 Å². The topological polar surface area (TPSA) is 13.1 Å². The Hall–Kier alpha value is -2.02. The molecule has 0 bridgehead atoms. The Morgan fingerprint density at radius 2 is 1.65 bits per heavy atom. The second-order valence-corrected chi connectivity index (χ2v) is 6.32. The van der Waals surface area contributed by atoms with E-state index in [0.717, 1.165) is 17.6 Å². The lowest BCUT2D eigenvalue weighted by Gasteiger charge is -2.18. The summed E-state index contributed by atoms with van der Waals surface area (Å²) >= 11 is 0. The number of hydrogen-bond donors (Lipinski definition) is 0. The fourth-order valence-corrected chi connectivity index (χ4v) is 2.79. The Morgan fingerprint density at radius 3 is 2.30 bits per heavy atom. The highest BCUT2D eigenvalue weighted by Crippen LogP contribution is 2.37. The van der Waals surface area contributed by atoms with Crippen LogP contribution in [0.15, 0.2) is 53.5 Å². The van der Waals surface area contributed by atoms with E-state index < -0.39 is 0 Å². The largest absolute Gasteiger partial charge is 0.455 e. The van der Waals surface area contributed by atoms with Gasteiger partial charge in [0.05, 0.1) is 0 Å². The minimum Gasteiger partial charge on any atom is -0.455 e. The second kappa shape index (κ2) is 4.52. The summed E-state index contributed by atoms with van der Waals surface area (Å²) in [6.45, 7) is 10.5. The Bertz CT molecular complexity index is 784. The molecule has 3 aromatic rings. The van der Waals surface area contributed by atoms with Crippen LogP contribution in [0.25, 0.3) is 21.9 Å². The predicted octanol–water partition coefficient (Wildman–Crippen LogP) is 5.61. The van der Waals surface area contributed by atoms with Crippen LogP contribution in [-0.2, 0) is 11.8 Å². The molecule has 1 nitrogen and oxygen atoms in total. The van der Waals surface area contributed by atoms with Gasteiger partial charge in [-0.3, -0.25) is 0 Å². The summed E-state index contributed by atoms with van der Waals surface area (Å²) in [5.41, 5.74) is 4.56. The molecule has 0 unspecified atom stereocenters. The molecule has 0 fully saturated rings. The lowest BCUT2D eigenvalue weighted by molar-refractivity contribution is 0.572. The highest BCUT2D eigenvalue weighted by molar-refractivity contribution is 6.07. The Balaban J connectivity index is 2.41. The van der Waals surface area contributed by atoms with E-state index in [1.54, 1.807) is 0 Å². The van der Waals surface area contributed by atoms with Crippen molar-refractivity contribution in [2.45, 2.75) is 32.6 Å². The molecule has 2 aromatic carbocycles. The number of rotatable bonds is 2. The van der Waals surface area contributed by atoms with Crippen LogP contribution in [0.1, 0.15) is 31.9 Å². The Kier molecular flexibility index (Phi) is 2.93. The molecule has 3 rings (SSSR count). The van der Waals surface area contributed by atoms with Crippen molar-refractivity contribution in [2.24, 2.45) is 0 Å². The zero-order chi connectivity index (χ0) is 14.3. The van der Waals surface area contributed by atoms with Crippen LogP contribution < -0.4 is 0 Å². The summed E-state index contributed by atoms with van der Waals surface area (Å²) in [4.78, 5) is 0. The van der Waals surface area contributed by atoms with Crippen molar-refractivity contribution in [2.75, 3.05) is 0 Å². The van der Waals surface area contributed by atoms with Gasteiger partial charge in [0.25, 0.3) is 0 Å². The van der Waals surface area contributed by atoms with Crippen molar-refractivity contribution in [3.63, 3.8) is 0 Å². The second-order valence-electron chi connectivity index (χ2n) is 6.32. The van der Waals surface area contributed by atoms with Gasteiger partial charge in [0.2, 0.25) is 0 Å². The number of hydrogen-bond acceptors (Lipinski definition) is 1. The molecule has 0 saturated carbocycles. The highest BCUT2D eigenvalue weighted by Gasteiger charge is 2.20. The van der Waals surface area contributed by atoms with E-state index >= 15 is 0 Å². The molecule has 0 aliphatic carbocycles. The van der Waals surface area contributed by atoms with Crippen molar-refractivity contribution >= 4 is 21.9 Å². The average molecular weight is 264 g/mol. The Labute approximate surface area is 119 Å². The molecule has 1 heterocycles. The third-order valence-corrected chi connectivity index (χ3v) is 3.78. The van der Waals surface area contributed by atoms with Crippen LogP contribution in [-0.4, -0.2) is 0 Å². The van der Waals surface area contributed by atoms with Gasteiger partial charge < -0.3 is 4.42 Å². The molecule has 1 heteroatoms. The molecule has 0 atom stereocenters. The smallest absolute Gasteiger partial charge is 0.139 e. The van der Waals surface area contributed by atoms with E-state index in [1.165, 1.54) is 21.9 Å². The van der Waals surface area contributed by atoms with Gasteiger partial charge in [-0.25, -0.2) is 0 Å². The van der Waals surface area contributed by atoms with Crippen LogP contribution in [0.4, 0.5) is 0 Å². The summed E-state index contributed by atoms with van der Waals surface area (Å²) in [7, 11) is 0. The van der Waals surface area contributed by atoms with Crippen molar-refractivity contribution in [1.82, 2.24) is 0 Å². The fourth-order valence-electron chi connectivity index (χ4n) is 2.79. The third-order valence-electron chi connectivity index (χ3n) is 3.78. The van der Waals surface area contributed by atoms with Crippen LogP contribution in [0, 0.1) is 0 Å². The minimum absolute atomic E-state index is 0.0754. The quantitative estimate of drug-likeness (QED) is 0.548. The maximum Gasteiger partial charge on any atom is 0.139 e. The van der Waals surface area contributed by atoms with Gasteiger partial charge >= 0.3 is 0 Å². The molecule has 0 radical (unpaired) electrons. The van der Waals surface area contributed by atoms with Crippen molar-refractivity contribution in [3.05, 3.63) is 60.2 Å². The normalized spacial score (nSPS) is 12.2. The van der Waals surface area contributed by atoms with E-state index in [0.29, 0.717) is 0 Å². The molecule has 0 saturated heterocycles. The van der Waals surface area contributed by atoms with Crippen molar-refractivity contribution in [1.29, 1.82) is 0 Å². The number of benzene rings is 2. The van der Waals surface area contributed by atoms with Crippen LogP contribution in [0.2, 0.25) is 0 Å². The number of furan rings is 1. The van der Waals surface area contributed by atoms with Gasteiger partial charge in [-0.05, 0) is 17.4 Å². The van der Waals surface area contributed by atoms with E-state index in [4.69, 9.17) is 4.42 Å². The first-order valence-electron chi connectivity index (χ1n) is 7.07. The van der Waals surface area contributed by atoms with Crippen LogP contribution >= 0.6 is 0 Å². The van der Waals surface area contributed by atoms with Gasteiger partial charge in [-0.2, -0.15) is 0 Å². The molecule has 102 valence electrons. The SMILES string of the molecule is C=CCc1cccc2c1oc1c(C(C)(C)C)cccc12. The van der Waals surface area contributed by atoms with Crippen LogP contribution in [0.3, 0.4) is 0 Å². The number of fused-ring (bicyclic) bond motifs is 3. The Morgan fingerprint density at radius 1 is 1.00 bits per heavy atom. The molecule has 20 heavy (non-hydrogen) atoms. The van der Waals surface area contributed by atoms with E-state index in [9.17, 15) is 0 Å². The molecule has 0 N–H and O–H groups in total. The average Bonchev–Trinajstić information content (AvgIpc) is 2.77. The fraction of sp³-hybridized carbons (Fsp3) is 0.263. The molecule has 0 aliphatic heterocycles. The summed E-state index contributed by atoms with van der Waals surface area (Å²) in [6, 6.07) is 12.8. The molecule has 0 aliphatic rings. The lowest BCUT2D eigenvalue weighted by atomic mass is 9.86. The summed E-state index contributed by atoms with van der Waals surface area (Å²) in [5, 5.41) is 2.41. The predicted molar refractivity (Wildman–Crippen MR) is 86.3 cm³/mol. The zero-order valence-electron chi connectivity index (χ0n) is 12.4. The molecular weight excluding hydrogens is 244 g/mol. The molecule has 1 aromatic heterocycles. The third kappa shape index (κ3) is 1.94. The first kappa shape index (κ1) is 13.0. The number of allylic oxidation sites excluding steroid dienone is 1. The van der Waals surface area contributed by atoms with Crippen molar-refractivity contribution in [3.8, 4) is 0 Å². The summed E-state index contributed by atoms with van der Waals surface area (Å²) in [6.07, 6.45) is 2.76. The zero-order valence-corrected chi connectivity index (χ0v) is 12.4. The van der Waals surface area contributed by atoms with Crippen molar-refractivity contribution < 1.29 is 4.42 Å². The van der Waals surface area contributed by atoms with Gasteiger partial charge in [0.15, 0.2) is 0 Å². The van der Waals surface area contributed by atoms with Gasteiger partial charge in [-0.15, -0.1) is 6.58 Å². The molecular formula is C19H20O. The first-order chi connectivity index (χ1) is 9.52. The first-order valence-corrected chi connectivity index (χ1v) is 7.07. The minimum atomic E-state index is 0.0754. The van der Waals surface area contributed by atoms with Gasteiger partial charge in [-0.1, -0.05) is 63.2 Å². The maximum absolute atomic E-state index is 6.25. The molecule has 0 amide bonds. The van der Waals surface area contributed by atoms with E-state index in [1.807, 2.05) is 6.08 Å². The van der Waals surface area contributed by atoms with E-state index in [2.05, 4.69) is 63.7 Å².